The lowest BCUT2D eigenvalue weighted by molar-refractivity contribution is -0.121. The minimum Gasteiger partial charge on any atom is -0.396 e. The van der Waals surface area contributed by atoms with Crippen LogP contribution in [0.15, 0.2) is 60.7 Å². The summed E-state index contributed by atoms with van der Waals surface area (Å²) in [7, 11) is 0. The Morgan fingerprint density at radius 1 is 1.07 bits per heavy atom. The van der Waals surface area contributed by atoms with Gasteiger partial charge in [0.2, 0.25) is 5.91 Å². The van der Waals surface area contributed by atoms with E-state index in [-0.39, 0.29) is 18.4 Å². The van der Waals surface area contributed by atoms with E-state index in [1.54, 1.807) is 0 Å². The molecule has 0 bridgehead atoms. The van der Waals surface area contributed by atoms with Gasteiger partial charge < -0.3 is 15.3 Å². The van der Waals surface area contributed by atoms with Crippen LogP contribution in [0.1, 0.15) is 36.3 Å². The molecule has 3 rings (SSSR count). The number of rotatable bonds is 8. The van der Waals surface area contributed by atoms with E-state index in [0.29, 0.717) is 18.9 Å². The fourth-order valence-corrected chi connectivity index (χ4v) is 3.91. The standard InChI is InChI=1S/C23H30N2O2/c26-18-19-8-7-14-25(17-19)15-13-24-23(27)16-22(20-9-3-1-4-10-20)21-11-5-2-6-12-21/h1-6,9-12,19,22,26H,7-8,13-18H2,(H,24,27)/t19-/m0/s1. The summed E-state index contributed by atoms with van der Waals surface area (Å²) >= 11 is 0. The number of likely N-dealkylation sites (tertiary alicyclic amines) is 1. The molecule has 1 aliphatic heterocycles. The van der Waals surface area contributed by atoms with Gasteiger partial charge in [-0.05, 0) is 36.4 Å². The summed E-state index contributed by atoms with van der Waals surface area (Å²) in [6.07, 6.45) is 2.69. The molecule has 1 heterocycles. The molecule has 0 aromatic heterocycles. The number of hydrogen-bond donors (Lipinski definition) is 2. The van der Waals surface area contributed by atoms with Gasteiger partial charge in [0.1, 0.15) is 0 Å². The third-order valence-corrected chi connectivity index (χ3v) is 5.40. The minimum atomic E-state index is 0.0705. The smallest absolute Gasteiger partial charge is 0.220 e. The molecule has 2 N–H and O–H groups in total. The zero-order valence-corrected chi connectivity index (χ0v) is 15.9. The van der Waals surface area contributed by atoms with Gasteiger partial charge in [-0.2, -0.15) is 0 Å². The first-order valence-corrected chi connectivity index (χ1v) is 9.96. The maximum absolute atomic E-state index is 12.6. The molecule has 0 spiro atoms. The fraction of sp³-hybridized carbons (Fsp3) is 0.435. The SMILES string of the molecule is O=C(CC(c1ccccc1)c1ccccc1)NCCN1CCC[C@H](CO)C1. The van der Waals surface area contributed by atoms with Crippen LogP contribution in [0.4, 0.5) is 0 Å². The van der Waals surface area contributed by atoms with Crippen LogP contribution >= 0.6 is 0 Å². The number of piperidine rings is 1. The van der Waals surface area contributed by atoms with Crippen LogP contribution in [-0.4, -0.2) is 48.7 Å². The van der Waals surface area contributed by atoms with Gasteiger partial charge >= 0.3 is 0 Å². The summed E-state index contributed by atoms with van der Waals surface area (Å²) < 4.78 is 0. The maximum atomic E-state index is 12.6. The molecule has 4 heteroatoms. The van der Waals surface area contributed by atoms with Crippen LogP contribution in [0, 0.1) is 5.92 Å². The number of carbonyl (C=O) groups is 1. The van der Waals surface area contributed by atoms with Gasteiger partial charge in [-0.25, -0.2) is 0 Å². The number of amides is 1. The molecule has 0 radical (unpaired) electrons. The molecule has 27 heavy (non-hydrogen) atoms. The Bertz CT molecular complexity index is 651. The predicted molar refractivity (Wildman–Crippen MR) is 109 cm³/mol. The zero-order valence-electron chi connectivity index (χ0n) is 15.9. The number of aliphatic hydroxyl groups is 1. The average molecular weight is 367 g/mol. The third-order valence-electron chi connectivity index (χ3n) is 5.40. The molecule has 1 saturated heterocycles. The van der Waals surface area contributed by atoms with E-state index in [1.807, 2.05) is 36.4 Å². The zero-order chi connectivity index (χ0) is 18.9. The largest absolute Gasteiger partial charge is 0.396 e. The molecule has 0 aliphatic carbocycles. The Balaban J connectivity index is 1.54. The lowest BCUT2D eigenvalue weighted by Gasteiger charge is -2.31. The number of nitrogens with zero attached hydrogens (tertiary/aromatic N) is 1. The summed E-state index contributed by atoms with van der Waals surface area (Å²) in [6, 6.07) is 20.5. The molecule has 1 amide bonds. The van der Waals surface area contributed by atoms with E-state index in [0.717, 1.165) is 32.5 Å². The average Bonchev–Trinajstić information content (AvgIpc) is 2.73. The van der Waals surface area contributed by atoms with Crippen molar-refractivity contribution in [3.63, 3.8) is 0 Å². The summed E-state index contributed by atoms with van der Waals surface area (Å²) in [6.45, 7) is 3.77. The summed E-state index contributed by atoms with van der Waals surface area (Å²) in [5.74, 6) is 0.541. The van der Waals surface area contributed by atoms with E-state index in [4.69, 9.17) is 0 Å². The predicted octanol–water partition coefficient (Wildman–Crippen LogP) is 3.03. The van der Waals surface area contributed by atoms with Gasteiger partial charge in [0, 0.05) is 38.6 Å². The van der Waals surface area contributed by atoms with Crippen LogP contribution in [0.3, 0.4) is 0 Å². The monoisotopic (exact) mass is 366 g/mol. The van der Waals surface area contributed by atoms with Crippen molar-refractivity contribution in [3.05, 3.63) is 71.8 Å². The first kappa shape index (κ1) is 19.6. The molecule has 1 fully saturated rings. The highest BCUT2D eigenvalue weighted by Gasteiger charge is 2.20. The molecule has 2 aromatic rings. The Kier molecular flexibility index (Phi) is 7.43. The first-order valence-electron chi connectivity index (χ1n) is 9.96. The molecule has 1 atom stereocenters. The maximum Gasteiger partial charge on any atom is 0.220 e. The van der Waals surface area contributed by atoms with E-state index in [2.05, 4.69) is 34.5 Å². The van der Waals surface area contributed by atoms with Gasteiger partial charge in [-0.1, -0.05) is 60.7 Å². The van der Waals surface area contributed by atoms with Crippen molar-refractivity contribution in [1.29, 1.82) is 0 Å². The van der Waals surface area contributed by atoms with Crippen LogP contribution < -0.4 is 5.32 Å². The number of nitrogens with one attached hydrogen (secondary N) is 1. The van der Waals surface area contributed by atoms with Crippen molar-refractivity contribution < 1.29 is 9.90 Å². The van der Waals surface area contributed by atoms with Crippen molar-refractivity contribution in [2.24, 2.45) is 5.92 Å². The number of benzene rings is 2. The highest BCUT2D eigenvalue weighted by atomic mass is 16.3. The molecular formula is C23H30N2O2. The van der Waals surface area contributed by atoms with Gasteiger partial charge in [0.25, 0.3) is 0 Å². The second kappa shape index (κ2) is 10.2. The number of carbonyl (C=O) groups excluding carboxylic acids is 1. The highest BCUT2D eigenvalue weighted by molar-refractivity contribution is 5.77. The van der Waals surface area contributed by atoms with Crippen LogP contribution in [0.2, 0.25) is 0 Å². The Labute approximate surface area is 162 Å². The van der Waals surface area contributed by atoms with Crippen LogP contribution in [0.25, 0.3) is 0 Å². The van der Waals surface area contributed by atoms with Crippen molar-refractivity contribution in [1.82, 2.24) is 10.2 Å². The molecule has 1 aliphatic rings. The van der Waals surface area contributed by atoms with Crippen molar-refractivity contribution in [2.75, 3.05) is 32.8 Å². The van der Waals surface area contributed by atoms with Gasteiger partial charge in [0.05, 0.1) is 0 Å². The normalized spacial score (nSPS) is 17.8. The molecule has 0 saturated carbocycles. The molecule has 0 unspecified atom stereocenters. The number of aliphatic hydroxyl groups excluding tert-OH is 1. The van der Waals surface area contributed by atoms with Gasteiger partial charge in [-0.3, -0.25) is 4.79 Å². The molecule has 144 valence electrons. The van der Waals surface area contributed by atoms with E-state index in [1.165, 1.54) is 11.1 Å². The Morgan fingerprint density at radius 3 is 2.30 bits per heavy atom. The van der Waals surface area contributed by atoms with Gasteiger partial charge in [-0.15, -0.1) is 0 Å². The topological polar surface area (TPSA) is 52.6 Å². The van der Waals surface area contributed by atoms with Gasteiger partial charge in [0.15, 0.2) is 0 Å². The van der Waals surface area contributed by atoms with E-state index < -0.39 is 0 Å². The van der Waals surface area contributed by atoms with Crippen molar-refractivity contribution in [2.45, 2.75) is 25.2 Å². The number of hydrogen-bond acceptors (Lipinski definition) is 3. The van der Waals surface area contributed by atoms with E-state index in [9.17, 15) is 9.90 Å². The lowest BCUT2D eigenvalue weighted by Crippen LogP contribution is -2.41. The fourth-order valence-electron chi connectivity index (χ4n) is 3.91. The second-order valence-electron chi connectivity index (χ2n) is 7.42. The minimum absolute atomic E-state index is 0.0705. The van der Waals surface area contributed by atoms with Crippen molar-refractivity contribution in [3.8, 4) is 0 Å². The lowest BCUT2D eigenvalue weighted by atomic mass is 9.88. The third kappa shape index (κ3) is 5.91. The second-order valence-corrected chi connectivity index (χ2v) is 7.42. The summed E-state index contributed by atoms with van der Waals surface area (Å²) in [5, 5.41) is 12.4. The van der Waals surface area contributed by atoms with Crippen LogP contribution in [0.5, 0.6) is 0 Å². The van der Waals surface area contributed by atoms with Crippen molar-refractivity contribution >= 4 is 5.91 Å². The molecule has 4 nitrogen and oxygen atoms in total. The molecule has 2 aromatic carbocycles. The van der Waals surface area contributed by atoms with Crippen LogP contribution in [-0.2, 0) is 4.79 Å². The quantitative estimate of drug-likeness (QED) is 0.755. The Hall–Kier alpha value is -2.17. The Morgan fingerprint density at radius 2 is 1.70 bits per heavy atom. The highest BCUT2D eigenvalue weighted by Crippen LogP contribution is 2.27. The van der Waals surface area contributed by atoms with E-state index >= 15 is 0 Å². The molecular weight excluding hydrogens is 336 g/mol. The summed E-state index contributed by atoms with van der Waals surface area (Å²) in [4.78, 5) is 14.9. The first-order chi connectivity index (χ1) is 13.3. The summed E-state index contributed by atoms with van der Waals surface area (Å²) in [5.41, 5.74) is 2.33.